The normalized spacial score (nSPS) is 13.2. The Labute approximate surface area is 126 Å². The highest BCUT2D eigenvalue weighted by Crippen LogP contribution is 2.28. The molecule has 6 heteroatoms. The molecule has 21 heavy (non-hydrogen) atoms. The topological polar surface area (TPSA) is 75.4 Å². The van der Waals surface area contributed by atoms with Gasteiger partial charge in [-0.15, -0.1) is 0 Å². The lowest BCUT2D eigenvalue weighted by molar-refractivity contribution is 0.0926. The summed E-state index contributed by atoms with van der Waals surface area (Å²) in [6.45, 7) is 0. The Bertz CT molecular complexity index is 721. The molecule has 0 saturated carbocycles. The van der Waals surface area contributed by atoms with Gasteiger partial charge in [0, 0.05) is 5.69 Å². The quantitative estimate of drug-likeness (QED) is 0.656. The maximum Gasteiger partial charge on any atom is 0.266 e. The molecule has 0 unspecified atom stereocenters. The van der Waals surface area contributed by atoms with Gasteiger partial charge in [0.2, 0.25) is 0 Å². The number of carbonyl (C=O) groups excluding carboxylic acids is 2. The molecule has 0 fully saturated rings. The lowest BCUT2D eigenvalue weighted by Crippen LogP contribution is -2.29. The Morgan fingerprint density at radius 3 is 1.95 bits per heavy atom. The van der Waals surface area contributed by atoms with Crippen LogP contribution in [0.4, 0.5) is 11.4 Å². The van der Waals surface area contributed by atoms with E-state index in [0.29, 0.717) is 22.5 Å². The Morgan fingerprint density at radius 1 is 0.952 bits per heavy atom. The first-order chi connectivity index (χ1) is 10.1. The van der Waals surface area contributed by atoms with Crippen LogP contribution in [0.25, 0.3) is 0 Å². The maximum atomic E-state index is 12.3. The highest BCUT2D eigenvalue weighted by Gasteiger charge is 2.36. The molecule has 2 aromatic rings. The zero-order valence-corrected chi connectivity index (χ0v) is 11.7. The van der Waals surface area contributed by atoms with Crippen molar-refractivity contribution < 1.29 is 9.59 Å². The predicted octanol–water partition coefficient (Wildman–Crippen LogP) is 2.14. The van der Waals surface area contributed by atoms with Crippen molar-refractivity contribution in [3.63, 3.8) is 0 Å². The number of fused-ring (bicyclic) bond motifs is 1. The molecular formula is C15H11N3O2S. The summed E-state index contributed by atoms with van der Waals surface area (Å²) < 4.78 is 0. The standard InChI is InChI=1S/C15H11N3O2S/c16-15(21)17-9-5-7-10(8-6-9)18-13(19)11-3-1-2-4-12(11)14(18)20/h1-8H,(H3,16,17,21). The fraction of sp³-hybridized carbons (Fsp3) is 0. The summed E-state index contributed by atoms with van der Waals surface area (Å²) in [7, 11) is 0. The first-order valence-electron chi connectivity index (χ1n) is 6.22. The number of anilines is 2. The molecular weight excluding hydrogens is 286 g/mol. The lowest BCUT2D eigenvalue weighted by atomic mass is 10.1. The SMILES string of the molecule is NC(=S)Nc1ccc(N2C(=O)c3ccccc3C2=O)cc1. The molecule has 3 rings (SSSR count). The van der Waals surface area contributed by atoms with Crippen LogP contribution < -0.4 is 16.0 Å². The van der Waals surface area contributed by atoms with Crippen LogP contribution in [0.5, 0.6) is 0 Å². The van der Waals surface area contributed by atoms with Gasteiger partial charge in [-0.3, -0.25) is 9.59 Å². The summed E-state index contributed by atoms with van der Waals surface area (Å²) in [4.78, 5) is 25.8. The van der Waals surface area contributed by atoms with Crippen LogP contribution in [0.2, 0.25) is 0 Å². The number of hydrogen-bond donors (Lipinski definition) is 2. The number of rotatable bonds is 2. The molecule has 5 nitrogen and oxygen atoms in total. The van der Waals surface area contributed by atoms with Crippen LogP contribution in [0.1, 0.15) is 20.7 Å². The van der Waals surface area contributed by atoms with E-state index in [0.717, 1.165) is 4.90 Å². The minimum Gasteiger partial charge on any atom is -0.376 e. The highest BCUT2D eigenvalue weighted by molar-refractivity contribution is 7.80. The first-order valence-corrected chi connectivity index (χ1v) is 6.63. The van der Waals surface area contributed by atoms with Crippen molar-refractivity contribution in [2.45, 2.75) is 0 Å². The molecule has 0 aliphatic carbocycles. The van der Waals surface area contributed by atoms with Gasteiger partial charge in [0.1, 0.15) is 0 Å². The molecule has 0 atom stereocenters. The molecule has 0 saturated heterocycles. The zero-order valence-electron chi connectivity index (χ0n) is 10.9. The largest absolute Gasteiger partial charge is 0.376 e. The number of nitrogens with one attached hydrogen (secondary N) is 1. The lowest BCUT2D eigenvalue weighted by Gasteiger charge is -2.14. The second kappa shape index (κ2) is 4.99. The van der Waals surface area contributed by atoms with Gasteiger partial charge in [0.05, 0.1) is 16.8 Å². The van der Waals surface area contributed by atoms with E-state index in [1.165, 1.54) is 0 Å². The summed E-state index contributed by atoms with van der Waals surface area (Å²) in [6, 6.07) is 13.5. The maximum absolute atomic E-state index is 12.3. The minimum atomic E-state index is -0.314. The van der Waals surface area contributed by atoms with Crippen LogP contribution in [0.15, 0.2) is 48.5 Å². The molecule has 1 aliphatic heterocycles. The minimum absolute atomic E-state index is 0.156. The zero-order chi connectivity index (χ0) is 15.0. The molecule has 1 aliphatic rings. The van der Waals surface area contributed by atoms with E-state index in [-0.39, 0.29) is 16.9 Å². The Kier molecular flexibility index (Phi) is 3.15. The van der Waals surface area contributed by atoms with Gasteiger partial charge in [0.25, 0.3) is 11.8 Å². The van der Waals surface area contributed by atoms with Crippen molar-refractivity contribution in [3.8, 4) is 0 Å². The molecule has 1 heterocycles. The molecule has 3 N–H and O–H groups in total. The number of hydrogen-bond acceptors (Lipinski definition) is 3. The summed E-state index contributed by atoms with van der Waals surface area (Å²) in [5.74, 6) is -0.628. The average Bonchev–Trinajstić information content (AvgIpc) is 2.72. The van der Waals surface area contributed by atoms with Gasteiger partial charge in [-0.1, -0.05) is 12.1 Å². The molecule has 0 spiro atoms. The summed E-state index contributed by atoms with van der Waals surface area (Å²) in [5.41, 5.74) is 7.44. The van der Waals surface area contributed by atoms with Crippen LogP contribution >= 0.6 is 12.2 Å². The van der Waals surface area contributed by atoms with Gasteiger partial charge in [0.15, 0.2) is 5.11 Å². The van der Waals surface area contributed by atoms with Crippen LogP contribution in [0, 0.1) is 0 Å². The van der Waals surface area contributed by atoms with E-state index in [1.54, 1.807) is 48.5 Å². The molecule has 0 radical (unpaired) electrons. The van der Waals surface area contributed by atoms with Crippen molar-refractivity contribution in [2.24, 2.45) is 5.73 Å². The third-order valence-corrected chi connectivity index (χ3v) is 3.29. The van der Waals surface area contributed by atoms with Gasteiger partial charge in [-0.05, 0) is 48.6 Å². The van der Waals surface area contributed by atoms with Crippen molar-refractivity contribution >= 4 is 40.5 Å². The number of imide groups is 1. The number of nitrogens with zero attached hydrogens (tertiary/aromatic N) is 1. The van der Waals surface area contributed by atoms with Crippen molar-refractivity contribution in [1.29, 1.82) is 0 Å². The Hall–Kier alpha value is -2.73. The number of carbonyl (C=O) groups is 2. The molecule has 0 bridgehead atoms. The molecule has 2 amide bonds. The molecule has 2 aromatic carbocycles. The number of benzene rings is 2. The predicted molar refractivity (Wildman–Crippen MR) is 84.4 cm³/mol. The Morgan fingerprint density at radius 2 is 1.48 bits per heavy atom. The van der Waals surface area contributed by atoms with Gasteiger partial charge in [-0.2, -0.15) is 0 Å². The monoisotopic (exact) mass is 297 g/mol. The van der Waals surface area contributed by atoms with E-state index < -0.39 is 0 Å². The second-order valence-corrected chi connectivity index (χ2v) is 4.97. The first kappa shape index (κ1) is 13.3. The number of thiocarbonyl (C=S) groups is 1. The molecule has 0 aromatic heterocycles. The van der Waals surface area contributed by atoms with Crippen LogP contribution in [-0.2, 0) is 0 Å². The van der Waals surface area contributed by atoms with Gasteiger partial charge >= 0.3 is 0 Å². The molecule has 104 valence electrons. The Balaban J connectivity index is 1.94. The van der Waals surface area contributed by atoms with E-state index in [1.807, 2.05) is 0 Å². The third-order valence-electron chi connectivity index (χ3n) is 3.19. The van der Waals surface area contributed by atoms with E-state index in [9.17, 15) is 9.59 Å². The van der Waals surface area contributed by atoms with E-state index in [2.05, 4.69) is 5.32 Å². The van der Waals surface area contributed by atoms with Gasteiger partial charge in [-0.25, -0.2) is 4.90 Å². The van der Waals surface area contributed by atoms with E-state index in [4.69, 9.17) is 18.0 Å². The highest BCUT2D eigenvalue weighted by atomic mass is 32.1. The van der Waals surface area contributed by atoms with Crippen LogP contribution in [-0.4, -0.2) is 16.9 Å². The number of amides is 2. The van der Waals surface area contributed by atoms with Gasteiger partial charge < -0.3 is 11.1 Å². The second-order valence-electron chi connectivity index (χ2n) is 4.53. The van der Waals surface area contributed by atoms with E-state index >= 15 is 0 Å². The van der Waals surface area contributed by atoms with Crippen molar-refractivity contribution in [2.75, 3.05) is 10.2 Å². The fourth-order valence-corrected chi connectivity index (χ4v) is 2.38. The summed E-state index contributed by atoms with van der Waals surface area (Å²) >= 11 is 4.75. The van der Waals surface area contributed by atoms with Crippen molar-refractivity contribution in [3.05, 3.63) is 59.7 Å². The average molecular weight is 297 g/mol. The third kappa shape index (κ3) is 2.25. The number of nitrogens with two attached hydrogens (primary N) is 1. The van der Waals surface area contributed by atoms with Crippen LogP contribution in [0.3, 0.4) is 0 Å². The fourth-order valence-electron chi connectivity index (χ4n) is 2.26. The van der Waals surface area contributed by atoms with Crippen molar-refractivity contribution in [1.82, 2.24) is 0 Å². The summed E-state index contributed by atoms with van der Waals surface area (Å²) in [6.07, 6.45) is 0. The smallest absolute Gasteiger partial charge is 0.266 e. The summed E-state index contributed by atoms with van der Waals surface area (Å²) in [5, 5.41) is 2.94.